The molecule has 1 saturated carbocycles. The van der Waals surface area contributed by atoms with Crippen LogP contribution in [-0.2, 0) is 5.41 Å². The molecule has 0 heteroatoms. The van der Waals surface area contributed by atoms with Crippen molar-refractivity contribution in [2.45, 2.75) is 44.4 Å². The molecule has 0 N–H and O–H groups in total. The molecule has 0 heterocycles. The first-order valence-corrected chi connectivity index (χ1v) is 6.11. The SMILES string of the molecule is Cc1ccc2c(c1)C1(C=C2)CCCCC1. The van der Waals surface area contributed by atoms with Crippen LogP contribution in [0.1, 0.15) is 48.8 Å². The number of benzene rings is 1. The molecule has 2 aliphatic rings. The summed E-state index contributed by atoms with van der Waals surface area (Å²) >= 11 is 0. The number of hydrogen-bond donors (Lipinski definition) is 0. The lowest BCUT2D eigenvalue weighted by atomic mass is 9.71. The van der Waals surface area contributed by atoms with Gasteiger partial charge in [0, 0.05) is 5.41 Å². The summed E-state index contributed by atoms with van der Waals surface area (Å²) in [4.78, 5) is 0. The number of hydrogen-bond acceptors (Lipinski definition) is 0. The minimum absolute atomic E-state index is 0.416. The van der Waals surface area contributed by atoms with Gasteiger partial charge in [-0.1, -0.05) is 55.2 Å². The molecule has 3 rings (SSSR count). The molecular weight excluding hydrogens is 180 g/mol. The summed E-state index contributed by atoms with van der Waals surface area (Å²) in [7, 11) is 0. The summed E-state index contributed by atoms with van der Waals surface area (Å²) < 4.78 is 0. The summed E-state index contributed by atoms with van der Waals surface area (Å²) in [6.45, 7) is 2.20. The Morgan fingerprint density at radius 2 is 1.87 bits per heavy atom. The molecule has 1 aromatic carbocycles. The molecule has 0 saturated heterocycles. The van der Waals surface area contributed by atoms with Gasteiger partial charge in [-0.3, -0.25) is 0 Å². The van der Waals surface area contributed by atoms with Crippen LogP contribution in [0.3, 0.4) is 0 Å². The van der Waals surface area contributed by atoms with E-state index in [1.165, 1.54) is 43.2 Å². The third kappa shape index (κ3) is 1.35. The molecule has 1 fully saturated rings. The summed E-state index contributed by atoms with van der Waals surface area (Å²) in [5.41, 5.74) is 4.88. The average molecular weight is 198 g/mol. The first-order chi connectivity index (χ1) is 7.30. The van der Waals surface area contributed by atoms with Gasteiger partial charge in [0.25, 0.3) is 0 Å². The fraction of sp³-hybridized carbons (Fsp3) is 0.467. The molecule has 0 radical (unpaired) electrons. The molecule has 0 aliphatic heterocycles. The van der Waals surface area contributed by atoms with E-state index in [9.17, 15) is 0 Å². The summed E-state index contributed by atoms with van der Waals surface area (Å²) in [5, 5.41) is 0. The van der Waals surface area contributed by atoms with Crippen LogP contribution in [0.15, 0.2) is 24.3 Å². The second-order valence-electron chi connectivity index (χ2n) is 5.14. The third-order valence-electron chi connectivity index (χ3n) is 4.07. The maximum absolute atomic E-state index is 2.47. The van der Waals surface area contributed by atoms with Gasteiger partial charge in [-0.05, 0) is 30.9 Å². The van der Waals surface area contributed by atoms with E-state index in [-0.39, 0.29) is 0 Å². The molecule has 0 bridgehead atoms. The standard InChI is InChI=1S/C15H18/c1-12-5-6-13-7-10-15(14(13)11-12)8-3-2-4-9-15/h5-7,10-11H,2-4,8-9H2,1H3. The Kier molecular flexibility index (Phi) is 1.98. The Balaban J connectivity index is 2.09. The van der Waals surface area contributed by atoms with Crippen LogP contribution in [-0.4, -0.2) is 0 Å². The highest BCUT2D eigenvalue weighted by molar-refractivity contribution is 5.65. The number of aryl methyl sites for hydroxylation is 1. The van der Waals surface area contributed by atoms with E-state index in [0.29, 0.717) is 5.41 Å². The van der Waals surface area contributed by atoms with E-state index < -0.39 is 0 Å². The van der Waals surface area contributed by atoms with Crippen molar-refractivity contribution in [3.05, 3.63) is 41.0 Å². The van der Waals surface area contributed by atoms with Crippen molar-refractivity contribution in [3.8, 4) is 0 Å². The van der Waals surface area contributed by atoms with Gasteiger partial charge in [-0.25, -0.2) is 0 Å². The molecule has 0 amide bonds. The third-order valence-corrected chi connectivity index (χ3v) is 4.07. The van der Waals surface area contributed by atoms with E-state index in [4.69, 9.17) is 0 Å². The molecule has 1 spiro atoms. The lowest BCUT2D eigenvalue weighted by Gasteiger charge is -2.33. The van der Waals surface area contributed by atoms with Crippen molar-refractivity contribution in [2.75, 3.05) is 0 Å². The van der Waals surface area contributed by atoms with E-state index in [1.54, 1.807) is 5.56 Å². The highest BCUT2D eigenvalue weighted by atomic mass is 14.4. The highest BCUT2D eigenvalue weighted by Gasteiger charge is 2.35. The van der Waals surface area contributed by atoms with Crippen LogP contribution < -0.4 is 0 Å². The molecule has 0 atom stereocenters. The maximum Gasteiger partial charge on any atom is 0.0141 e. The van der Waals surface area contributed by atoms with Gasteiger partial charge in [-0.2, -0.15) is 0 Å². The summed E-state index contributed by atoms with van der Waals surface area (Å²) in [5.74, 6) is 0. The van der Waals surface area contributed by atoms with Crippen molar-refractivity contribution >= 4 is 6.08 Å². The van der Waals surface area contributed by atoms with Crippen LogP contribution in [0.4, 0.5) is 0 Å². The largest absolute Gasteiger partial charge is 0.0733 e. The van der Waals surface area contributed by atoms with Gasteiger partial charge in [0.15, 0.2) is 0 Å². The predicted octanol–water partition coefficient (Wildman–Crippen LogP) is 4.22. The van der Waals surface area contributed by atoms with Crippen LogP contribution in [0.5, 0.6) is 0 Å². The van der Waals surface area contributed by atoms with Crippen molar-refractivity contribution in [1.82, 2.24) is 0 Å². The van der Waals surface area contributed by atoms with Crippen LogP contribution in [0, 0.1) is 6.92 Å². The molecule has 2 aliphatic carbocycles. The van der Waals surface area contributed by atoms with E-state index >= 15 is 0 Å². The lowest BCUT2D eigenvalue weighted by Crippen LogP contribution is -2.24. The quantitative estimate of drug-likeness (QED) is 0.585. The van der Waals surface area contributed by atoms with Crippen molar-refractivity contribution < 1.29 is 0 Å². The minimum Gasteiger partial charge on any atom is -0.0733 e. The Morgan fingerprint density at radius 3 is 2.67 bits per heavy atom. The zero-order chi connectivity index (χ0) is 10.3. The monoisotopic (exact) mass is 198 g/mol. The number of fused-ring (bicyclic) bond motifs is 2. The van der Waals surface area contributed by atoms with Crippen LogP contribution in [0.2, 0.25) is 0 Å². The average Bonchev–Trinajstić information content (AvgIpc) is 2.59. The van der Waals surface area contributed by atoms with E-state index in [0.717, 1.165) is 0 Å². The highest BCUT2D eigenvalue weighted by Crippen LogP contribution is 2.46. The van der Waals surface area contributed by atoms with Gasteiger partial charge in [0.2, 0.25) is 0 Å². The minimum atomic E-state index is 0.416. The maximum atomic E-state index is 2.47. The fourth-order valence-corrected chi connectivity index (χ4v) is 3.20. The van der Waals surface area contributed by atoms with Gasteiger partial charge in [-0.15, -0.1) is 0 Å². The molecule has 78 valence electrons. The molecule has 0 aromatic heterocycles. The fourth-order valence-electron chi connectivity index (χ4n) is 3.20. The summed E-state index contributed by atoms with van der Waals surface area (Å²) in [6.07, 6.45) is 11.8. The first kappa shape index (κ1) is 9.21. The Bertz CT molecular complexity index is 406. The topological polar surface area (TPSA) is 0 Å². The predicted molar refractivity (Wildman–Crippen MR) is 65.0 cm³/mol. The molecule has 15 heavy (non-hydrogen) atoms. The van der Waals surface area contributed by atoms with E-state index in [2.05, 4.69) is 37.3 Å². The smallest absolute Gasteiger partial charge is 0.0141 e. The Morgan fingerprint density at radius 1 is 1.07 bits per heavy atom. The van der Waals surface area contributed by atoms with Crippen LogP contribution in [0.25, 0.3) is 6.08 Å². The van der Waals surface area contributed by atoms with Gasteiger partial charge in [0.05, 0.1) is 0 Å². The van der Waals surface area contributed by atoms with Gasteiger partial charge >= 0.3 is 0 Å². The molecule has 1 aromatic rings. The van der Waals surface area contributed by atoms with Crippen molar-refractivity contribution in [2.24, 2.45) is 0 Å². The number of allylic oxidation sites excluding steroid dienone is 1. The van der Waals surface area contributed by atoms with Gasteiger partial charge in [0.1, 0.15) is 0 Å². The van der Waals surface area contributed by atoms with Crippen molar-refractivity contribution in [3.63, 3.8) is 0 Å². The zero-order valence-electron chi connectivity index (χ0n) is 9.42. The Labute approximate surface area is 92.0 Å². The lowest BCUT2D eigenvalue weighted by molar-refractivity contribution is 0.362. The summed E-state index contributed by atoms with van der Waals surface area (Å²) in [6, 6.07) is 6.91. The van der Waals surface area contributed by atoms with Gasteiger partial charge < -0.3 is 0 Å². The molecule has 0 nitrogen and oxygen atoms in total. The first-order valence-electron chi connectivity index (χ1n) is 6.11. The van der Waals surface area contributed by atoms with Crippen LogP contribution >= 0.6 is 0 Å². The molecule has 0 unspecified atom stereocenters. The normalized spacial score (nSPS) is 21.9. The number of rotatable bonds is 0. The van der Waals surface area contributed by atoms with Crippen molar-refractivity contribution in [1.29, 1.82) is 0 Å². The Hall–Kier alpha value is -1.04. The second kappa shape index (κ2) is 3.23. The zero-order valence-corrected chi connectivity index (χ0v) is 9.42. The second-order valence-corrected chi connectivity index (χ2v) is 5.14. The van der Waals surface area contributed by atoms with E-state index in [1.807, 2.05) is 0 Å². The molecular formula is C15H18.